The Morgan fingerprint density at radius 1 is 1.00 bits per heavy atom. The van der Waals surface area contributed by atoms with Crippen LogP contribution in [0.15, 0.2) is 12.4 Å². The summed E-state index contributed by atoms with van der Waals surface area (Å²) in [5.41, 5.74) is 1.35. The van der Waals surface area contributed by atoms with Gasteiger partial charge in [0.15, 0.2) is 0 Å². The largest absolute Gasteiger partial charge is 0.300 e. The second-order valence-electron chi connectivity index (χ2n) is 7.91. The van der Waals surface area contributed by atoms with Gasteiger partial charge in [0.25, 0.3) is 0 Å². The van der Waals surface area contributed by atoms with E-state index in [2.05, 4.69) is 48.0 Å². The summed E-state index contributed by atoms with van der Waals surface area (Å²) in [5.74, 6) is 3.48. The van der Waals surface area contributed by atoms with Crippen LogP contribution >= 0.6 is 0 Å². The van der Waals surface area contributed by atoms with Crippen molar-refractivity contribution < 1.29 is 0 Å². The van der Waals surface area contributed by atoms with Gasteiger partial charge in [-0.15, -0.1) is 0 Å². The van der Waals surface area contributed by atoms with Gasteiger partial charge in [0.1, 0.15) is 5.82 Å². The molecule has 1 aliphatic carbocycles. The number of aryl methyl sites for hydroxylation is 1. The van der Waals surface area contributed by atoms with E-state index in [1.807, 2.05) is 0 Å². The summed E-state index contributed by atoms with van der Waals surface area (Å²) in [6.07, 6.45) is 13.3. The average molecular weight is 316 g/mol. The molecule has 0 unspecified atom stereocenters. The van der Waals surface area contributed by atoms with E-state index in [1.54, 1.807) is 0 Å². The first-order valence-electron chi connectivity index (χ1n) is 9.72. The van der Waals surface area contributed by atoms with Crippen molar-refractivity contribution in [3.63, 3.8) is 0 Å². The monoisotopic (exact) mass is 315 g/mol. The number of nitrogens with zero attached hydrogens (tertiary/aromatic N) is 3. The first-order chi connectivity index (χ1) is 11.2. The zero-order chi connectivity index (χ0) is 16.2. The Morgan fingerprint density at radius 3 is 2.13 bits per heavy atom. The third kappa shape index (κ3) is 4.12. The lowest BCUT2D eigenvalue weighted by Gasteiger charge is -2.41. The summed E-state index contributed by atoms with van der Waals surface area (Å²) in [6.45, 7) is 9.42. The molecule has 1 saturated heterocycles. The van der Waals surface area contributed by atoms with Crippen LogP contribution in [-0.4, -0.2) is 34.0 Å². The van der Waals surface area contributed by atoms with Gasteiger partial charge in [0.05, 0.1) is 0 Å². The minimum absolute atomic E-state index is 0.671. The minimum Gasteiger partial charge on any atom is -0.300 e. The van der Waals surface area contributed by atoms with E-state index < -0.39 is 0 Å². The lowest BCUT2D eigenvalue weighted by molar-refractivity contribution is 0.0981. The van der Waals surface area contributed by atoms with Gasteiger partial charge in [0.2, 0.25) is 0 Å². The Morgan fingerprint density at radius 2 is 1.61 bits per heavy atom. The van der Waals surface area contributed by atoms with E-state index in [0.717, 1.165) is 30.1 Å². The van der Waals surface area contributed by atoms with E-state index in [0.29, 0.717) is 5.92 Å². The van der Waals surface area contributed by atoms with Crippen LogP contribution in [0, 0.1) is 11.8 Å². The van der Waals surface area contributed by atoms with Crippen LogP contribution < -0.4 is 0 Å². The normalized spacial score (nSPS) is 27.5. The molecule has 0 amide bonds. The molecule has 23 heavy (non-hydrogen) atoms. The van der Waals surface area contributed by atoms with E-state index in [4.69, 9.17) is 0 Å². The Labute approximate surface area is 141 Å². The number of hydrogen-bond acceptors (Lipinski definition) is 3. The average Bonchev–Trinajstić information content (AvgIpc) is 2.62. The lowest BCUT2D eigenvalue weighted by Crippen LogP contribution is -2.43. The van der Waals surface area contributed by atoms with Crippen molar-refractivity contribution in [2.45, 2.75) is 77.7 Å². The molecule has 0 atom stereocenters. The molecule has 2 aliphatic rings. The second-order valence-corrected chi connectivity index (χ2v) is 7.91. The number of aromatic nitrogens is 2. The highest BCUT2D eigenvalue weighted by atomic mass is 15.2. The predicted molar refractivity (Wildman–Crippen MR) is 95.5 cm³/mol. The summed E-state index contributed by atoms with van der Waals surface area (Å²) >= 11 is 0. The first kappa shape index (κ1) is 16.9. The smallest absolute Gasteiger partial charge is 0.127 e. The maximum atomic E-state index is 4.48. The molecule has 0 spiro atoms. The van der Waals surface area contributed by atoms with Gasteiger partial charge in [-0.3, -0.25) is 0 Å². The Hall–Kier alpha value is -0.960. The molecule has 0 aromatic carbocycles. The molecule has 0 radical (unpaired) electrons. The van der Waals surface area contributed by atoms with Gasteiger partial charge in [-0.05, 0) is 74.9 Å². The summed E-state index contributed by atoms with van der Waals surface area (Å²) in [7, 11) is 0. The summed E-state index contributed by atoms with van der Waals surface area (Å²) < 4.78 is 0. The minimum atomic E-state index is 0.671. The van der Waals surface area contributed by atoms with Gasteiger partial charge in [-0.2, -0.15) is 0 Å². The van der Waals surface area contributed by atoms with Crippen LogP contribution in [0.4, 0.5) is 0 Å². The van der Waals surface area contributed by atoms with Crippen LogP contribution in [-0.2, 0) is 6.42 Å². The zero-order valence-electron chi connectivity index (χ0n) is 15.2. The molecule has 1 aromatic heterocycles. The van der Waals surface area contributed by atoms with Crippen molar-refractivity contribution in [1.29, 1.82) is 0 Å². The molecule has 2 fully saturated rings. The van der Waals surface area contributed by atoms with Crippen LogP contribution in [0.3, 0.4) is 0 Å². The van der Waals surface area contributed by atoms with E-state index in [1.165, 1.54) is 57.2 Å². The maximum Gasteiger partial charge on any atom is 0.127 e. The summed E-state index contributed by atoms with van der Waals surface area (Å²) in [6, 6.07) is 0.852. The molecule has 1 aliphatic heterocycles. The molecule has 128 valence electrons. The van der Waals surface area contributed by atoms with Gasteiger partial charge in [0, 0.05) is 24.9 Å². The Kier molecular flexibility index (Phi) is 5.68. The van der Waals surface area contributed by atoms with E-state index in [-0.39, 0.29) is 0 Å². The molecular formula is C20H33N3. The number of piperidine rings is 1. The Bertz CT molecular complexity index is 466. The Balaban J connectivity index is 1.48. The van der Waals surface area contributed by atoms with Gasteiger partial charge in [-0.1, -0.05) is 20.8 Å². The molecule has 3 rings (SSSR count). The second kappa shape index (κ2) is 7.74. The third-order valence-electron chi connectivity index (χ3n) is 6.24. The molecule has 0 bridgehead atoms. The molecule has 3 nitrogen and oxygen atoms in total. The fourth-order valence-corrected chi connectivity index (χ4v) is 4.49. The predicted octanol–water partition coefficient (Wildman–Crippen LogP) is 4.43. The van der Waals surface area contributed by atoms with Crippen LogP contribution in [0.2, 0.25) is 0 Å². The molecule has 2 heterocycles. The van der Waals surface area contributed by atoms with Gasteiger partial charge in [-0.25, -0.2) is 9.97 Å². The van der Waals surface area contributed by atoms with Crippen LogP contribution in [0.5, 0.6) is 0 Å². The highest BCUT2D eigenvalue weighted by Crippen LogP contribution is 2.35. The molecule has 0 N–H and O–H groups in total. The van der Waals surface area contributed by atoms with E-state index >= 15 is 0 Å². The zero-order valence-corrected chi connectivity index (χ0v) is 15.2. The lowest BCUT2D eigenvalue weighted by atomic mass is 9.78. The fourth-order valence-electron chi connectivity index (χ4n) is 4.49. The summed E-state index contributed by atoms with van der Waals surface area (Å²) in [4.78, 5) is 11.7. The number of rotatable bonds is 4. The molecular weight excluding hydrogens is 282 g/mol. The van der Waals surface area contributed by atoms with Crippen molar-refractivity contribution >= 4 is 0 Å². The number of hydrogen-bond donors (Lipinski definition) is 0. The third-order valence-corrected chi connectivity index (χ3v) is 6.24. The number of likely N-dealkylation sites (tertiary alicyclic amines) is 1. The SMILES string of the molecule is CCc1ncc(C2CCN(C3CCC(C(C)C)CC3)CC2)cn1. The quantitative estimate of drug-likeness (QED) is 0.823. The highest BCUT2D eigenvalue weighted by Gasteiger charge is 2.30. The van der Waals surface area contributed by atoms with Crippen LogP contribution in [0.25, 0.3) is 0 Å². The highest BCUT2D eigenvalue weighted by molar-refractivity contribution is 5.13. The maximum absolute atomic E-state index is 4.48. The molecule has 3 heteroatoms. The first-order valence-corrected chi connectivity index (χ1v) is 9.72. The summed E-state index contributed by atoms with van der Waals surface area (Å²) in [5, 5.41) is 0. The van der Waals surface area contributed by atoms with Crippen LogP contribution in [0.1, 0.15) is 76.6 Å². The van der Waals surface area contributed by atoms with Crippen molar-refractivity contribution in [1.82, 2.24) is 14.9 Å². The standard InChI is InChI=1S/C20H33N3/c1-4-20-21-13-18(14-22-20)17-9-11-23(12-10-17)19-7-5-16(6-8-19)15(2)3/h13-17,19H,4-12H2,1-3H3. The molecule has 1 aromatic rings. The fraction of sp³-hybridized carbons (Fsp3) is 0.800. The van der Waals surface area contributed by atoms with Crippen molar-refractivity contribution in [3.05, 3.63) is 23.8 Å². The van der Waals surface area contributed by atoms with Gasteiger partial charge < -0.3 is 4.90 Å². The topological polar surface area (TPSA) is 29.0 Å². The van der Waals surface area contributed by atoms with Gasteiger partial charge >= 0.3 is 0 Å². The molecule has 1 saturated carbocycles. The van der Waals surface area contributed by atoms with Crippen molar-refractivity contribution in [2.24, 2.45) is 11.8 Å². The van der Waals surface area contributed by atoms with E-state index in [9.17, 15) is 0 Å². The van der Waals surface area contributed by atoms with Crippen molar-refractivity contribution in [2.75, 3.05) is 13.1 Å². The van der Waals surface area contributed by atoms with Crippen molar-refractivity contribution in [3.8, 4) is 0 Å².